The van der Waals surface area contributed by atoms with Crippen molar-refractivity contribution in [3.63, 3.8) is 0 Å². The largest absolute Gasteiger partial charge is 0.490 e. The summed E-state index contributed by atoms with van der Waals surface area (Å²) in [6.45, 7) is 9.50. The highest BCUT2D eigenvalue weighted by molar-refractivity contribution is 5.95. The van der Waals surface area contributed by atoms with Gasteiger partial charge < -0.3 is 19.3 Å². The van der Waals surface area contributed by atoms with Crippen LogP contribution in [0.4, 0.5) is 0 Å². The van der Waals surface area contributed by atoms with Crippen LogP contribution in [0.5, 0.6) is 11.5 Å². The number of hydrogen-bond acceptors (Lipinski definition) is 4. The fourth-order valence-corrected chi connectivity index (χ4v) is 3.70. The number of ether oxygens (including phenoxy) is 2. The minimum atomic E-state index is 0.0684. The van der Waals surface area contributed by atoms with E-state index < -0.39 is 0 Å². The average Bonchev–Trinajstić information content (AvgIpc) is 3.00. The number of rotatable bonds is 8. The van der Waals surface area contributed by atoms with Crippen LogP contribution in [0, 0.1) is 0 Å². The van der Waals surface area contributed by atoms with Gasteiger partial charge in [-0.25, -0.2) is 0 Å². The average molecular weight is 397 g/mol. The van der Waals surface area contributed by atoms with E-state index in [-0.39, 0.29) is 5.91 Å². The molecule has 0 spiro atoms. The molecule has 1 saturated heterocycles. The summed E-state index contributed by atoms with van der Waals surface area (Å²) in [6, 6.07) is 16.1. The molecule has 0 aromatic heterocycles. The molecular formula is C24H32N2O3. The van der Waals surface area contributed by atoms with Gasteiger partial charge >= 0.3 is 0 Å². The van der Waals surface area contributed by atoms with Crippen molar-refractivity contribution in [3.05, 3.63) is 59.7 Å². The van der Waals surface area contributed by atoms with Crippen LogP contribution in [0.1, 0.15) is 36.2 Å². The van der Waals surface area contributed by atoms with Crippen molar-refractivity contribution in [2.75, 3.05) is 45.9 Å². The Morgan fingerprint density at radius 3 is 2.41 bits per heavy atom. The van der Waals surface area contributed by atoms with Gasteiger partial charge in [0.25, 0.3) is 5.91 Å². The molecule has 1 fully saturated rings. The number of nitrogens with zero attached hydrogens (tertiary/aromatic N) is 2. The summed E-state index contributed by atoms with van der Waals surface area (Å²) in [5.41, 5.74) is 2.03. The molecule has 1 amide bonds. The zero-order valence-corrected chi connectivity index (χ0v) is 17.6. The Labute approximate surface area is 174 Å². The maximum atomic E-state index is 13.1. The fourth-order valence-electron chi connectivity index (χ4n) is 3.70. The Hall–Kier alpha value is -2.53. The molecule has 0 radical (unpaired) electrons. The summed E-state index contributed by atoms with van der Waals surface area (Å²) in [4.78, 5) is 17.5. The summed E-state index contributed by atoms with van der Waals surface area (Å²) in [7, 11) is 0. The lowest BCUT2D eigenvalue weighted by atomic mass is 10.1. The van der Waals surface area contributed by atoms with Crippen molar-refractivity contribution in [1.29, 1.82) is 0 Å². The third-order valence-corrected chi connectivity index (χ3v) is 5.23. The van der Waals surface area contributed by atoms with Crippen LogP contribution in [-0.4, -0.2) is 61.6 Å². The van der Waals surface area contributed by atoms with E-state index in [1.807, 2.05) is 36.9 Å². The minimum absolute atomic E-state index is 0.0684. The lowest BCUT2D eigenvalue weighted by Gasteiger charge is -2.22. The van der Waals surface area contributed by atoms with Crippen molar-refractivity contribution >= 4 is 5.91 Å². The monoisotopic (exact) mass is 396 g/mol. The third-order valence-electron chi connectivity index (χ3n) is 5.23. The standard InChI is InChI=1S/C24H32N2O3/c1-3-28-22-12-11-21(19-23(22)29-4-2)24(27)26-15-8-14-25(17-18-26)16-13-20-9-6-5-7-10-20/h5-7,9-12,19H,3-4,8,13-18H2,1-2H3. The van der Waals surface area contributed by atoms with E-state index in [4.69, 9.17) is 9.47 Å². The molecule has 5 nitrogen and oxygen atoms in total. The van der Waals surface area contributed by atoms with Gasteiger partial charge in [-0.15, -0.1) is 0 Å². The highest BCUT2D eigenvalue weighted by Gasteiger charge is 2.21. The Morgan fingerprint density at radius 1 is 0.897 bits per heavy atom. The van der Waals surface area contributed by atoms with Gasteiger partial charge in [-0.1, -0.05) is 30.3 Å². The Balaban J connectivity index is 1.59. The molecule has 1 aliphatic rings. The van der Waals surface area contributed by atoms with Crippen LogP contribution in [0.25, 0.3) is 0 Å². The zero-order chi connectivity index (χ0) is 20.5. The van der Waals surface area contributed by atoms with Gasteiger partial charge in [0, 0.05) is 31.7 Å². The molecule has 0 unspecified atom stereocenters. The quantitative estimate of drug-likeness (QED) is 0.679. The SMILES string of the molecule is CCOc1ccc(C(=O)N2CCCN(CCc3ccccc3)CC2)cc1OCC. The van der Waals surface area contributed by atoms with Crippen molar-refractivity contribution in [2.24, 2.45) is 0 Å². The van der Waals surface area contributed by atoms with Crippen LogP contribution in [0.3, 0.4) is 0 Å². The van der Waals surface area contributed by atoms with Gasteiger partial charge in [-0.2, -0.15) is 0 Å². The van der Waals surface area contributed by atoms with Gasteiger partial charge in [-0.3, -0.25) is 4.79 Å². The molecule has 0 N–H and O–H groups in total. The lowest BCUT2D eigenvalue weighted by molar-refractivity contribution is 0.0761. The second-order valence-corrected chi connectivity index (χ2v) is 7.25. The third kappa shape index (κ3) is 5.97. The van der Waals surface area contributed by atoms with E-state index in [1.54, 1.807) is 0 Å². The van der Waals surface area contributed by atoms with Gasteiger partial charge in [0.2, 0.25) is 0 Å². The molecule has 1 heterocycles. The summed E-state index contributed by atoms with van der Waals surface area (Å²) < 4.78 is 11.3. The van der Waals surface area contributed by atoms with E-state index in [9.17, 15) is 4.79 Å². The molecule has 0 saturated carbocycles. The van der Waals surface area contributed by atoms with Crippen LogP contribution < -0.4 is 9.47 Å². The first-order valence-electron chi connectivity index (χ1n) is 10.7. The molecule has 156 valence electrons. The lowest BCUT2D eigenvalue weighted by Crippen LogP contribution is -2.35. The molecule has 2 aromatic carbocycles. The molecule has 5 heteroatoms. The first kappa shape index (κ1) is 21.2. The van der Waals surface area contributed by atoms with E-state index in [2.05, 4.69) is 35.2 Å². The molecule has 0 atom stereocenters. The van der Waals surface area contributed by atoms with Gasteiger partial charge in [-0.05, 0) is 57.0 Å². The van der Waals surface area contributed by atoms with Crippen LogP contribution >= 0.6 is 0 Å². The van der Waals surface area contributed by atoms with E-state index >= 15 is 0 Å². The zero-order valence-electron chi connectivity index (χ0n) is 17.6. The molecule has 0 aliphatic carbocycles. The summed E-state index contributed by atoms with van der Waals surface area (Å²) >= 11 is 0. The highest BCUT2D eigenvalue weighted by Crippen LogP contribution is 2.29. The topological polar surface area (TPSA) is 42.0 Å². The first-order valence-corrected chi connectivity index (χ1v) is 10.7. The number of amides is 1. The molecule has 1 aliphatic heterocycles. The number of benzene rings is 2. The molecule has 2 aromatic rings. The maximum absolute atomic E-state index is 13.1. The normalized spacial score (nSPS) is 15.0. The number of carbonyl (C=O) groups excluding carboxylic acids is 1. The first-order chi connectivity index (χ1) is 14.2. The summed E-state index contributed by atoms with van der Waals surface area (Å²) in [5, 5.41) is 0. The summed E-state index contributed by atoms with van der Waals surface area (Å²) in [6.07, 6.45) is 2.04. The van der Waals surface area contributed by atoms with Crippen molar-refractivity contribution in [3.8, 4) is 11.5 Å². The predicted octanol–water partition coefficient (Wildman–Crippen LogP) is 3.87. The fraction of sp³-hybridized carbons (Fsp3) is 0.458. The highest BCUT2D eigenvalue weighted by atomic mass is 16.5. The van der Waals surface area contributed by atoms with E-state index in [0.717, 1.165) is 45.6 Å². The van der Waals surface area contributed by atoms with Gasteiger partial charge in [0.1, 0.15) is 0 Å². The maximum Gasteiger partial charge on any atom is 0.254 e. The second kappa shape index (κ2) is 10.9. The second-order valence-electron chi connectivity index (χ2n) is 7.25. The van der Waals surface area contributed by atoms with Crippen LogP contribution in [0.15, 0.2) is 48.5 Å². The smallest absolute Gasteiger partial charge is 0.254 e. The van der Waals surface area contributed by atoms with Crippen molar-refractivity contribution in [2.45, 2.75) is 26.7 Å². The molecule has 29 heavy (non-hydrogen) atoms. The van der Waals surface area contributed by atoms with Gasteiger partial charge in [0.05, 0.1) is 13.2 Å². The minimum Gasteiger partial charge on any atom is -0.490 e. The van der Waals surface area contributed by atoms with Crippen LogP contribution in [0.2, 0.25) is 0 Å². The number of carbonyl (C=O) groups is 1. The van der Waals surface area contributed by atoms with Crippen LogP contribution in [-0.2, 0) is 6.42 Å². The van der Waals surface area contributed by atoms with E-state index in [1.165, 1.54) is 5.56 Å². The predicted molar refractivity (Wildman–Crippen MR) is 116 cm³/mol. The summed E-state index contributed by atoms with van der Waals surface area (Å²) in [5.74, 6) is 1.40. The Kier molecular flexibility index (Phi) is 7.94. The Bertz CT molecular complexity index is 779. The molecule has 3 rings (SSSR count). The Morgan fingerprint density at radius 2 is 1.66 bits per heavy atom. The molecule has 0 bridgehead atoms. The van der Waals surface area contributed by atoms with E-state index in [0.29, 0.717) is 30.3 Å². The van der Waals surface area contributed by atoms with Crippen molar-refractivity contribution in [1.82, 2.24) is 9.80 Å². The van der Waals surface area contributed by atoms with Crippen molar-refractivity contribution < 1.29 is 14.3 Å². The molecular weight excluding hydrogens is 364 g/mol. The number of hydrogen-bond donors (Lipinski definition) is 0. The van der Waals surface area contributed by atoms with Gasteiger partial charge in [0.15, 0.2) is 11.5 Å².